The molecular weight excluding hydrogens is 1530 g/mol. The molecule has 14 nitrogen and oxygen atoms in total. The van der Waals surface area contributed by atoms with Gasteiger partial charge in [0.2, 0.25) is 0 Å². The minimum Gasteiger partial charge on any atom is -0.456 e. The van der Waals surface area contributed by atoms with E-state index in [1.54, 1.807) is 0 Å². The number of para-hydroxylation sites is 7. The molecule has 648 valence electrons. The van der Waals surface area contributed by atoms with Gasteiger partial charge in [-0.3, -0.25) is 0 Å². The topological polar surface area (TPSA) is 65.2 Å². The van der Waals surface area contributed by atoms with E-state index in [1.807, 2.05) is 24.3 Å². The van der Waals surface area contributed by atoms with Gasteiger partial charge in [-0.2, -0.15) is 0 Å². The van der Waals surface area contributed by atoms with E-state index in [4.69, 9.17) is 8.83 Å². The number of aryl methyl sites for hydroxylation is 7. The molecule has 0 bridgehead atoms. The van der Waals surface area contributed by atoms with Gasteiger partial charge in [0, 0.05) is 162 Å². The molecule has 0 spiro atoms. The summed E-state index contributed by atoms with van der Waals surface area (Å²) in [5.41, 5.74) is 32.3. The maximum atomic E-state index is 6.08. The van der Waals surface area contributed by atoms with Crippen molar-refractivity contribution in [3.63, 3.8) is 0 Å². The third-order valence-corrected chi connectivity index (χ3v) is 25.2. The standard InChI is InChI=1S/C19H18N2.2C18H18N2O.C18H18N2.C17H20N2.C15H16N2.6CH4/c1-14-7-3-4-10-16(14)21-13-20(2)17-11-5-8-15-9-6-12-18(21)19(15)17;1-12-10-15-14-6-4-5-7-17(14)21-18(15)11-16(12)20-9-8-19(3)13(20)2;1-12-16(20-11-10-19(3)13(20)2)9-8-15-14-6-4-5-7-17(14)21-18(12)15;1-12-7-6-10-16-14-8-4-5-9-15(14)17-11-19(3)13(2)20(17)18(12)16;1-12-9-10-13(2)17(11-12)19-14(3)18(4)15-7-5-6-8-16(15)19;1-12-7-3-4-9-15(12)17-11-14-8-5-6-10-16(14)13(17)2;;;;;;/h3-12H,13H2,1-2H3;2*4-11,13H,1-3H3;4-11,13H,1-3H3;5-11,14H,1-4H3;3-11,13H,1-2H3;6*1H4/t;3*13-;14-;13-;;;;;;/m.00000....../s1. The Morgan fingerprint density at radius 1 is 0.320 bits per heavy atom. The fraction of sp³-hybridized carbons (Fsp3) is 0.261. The first-order valence-electron chi connectivity index (χ1n) is 41.7. The average Bonchev–Trinajstić information content (AvgIpc) is 1.64. The lowest BCUT2D eigenvalue weighted by molar-refractivity contribution is 0.383. The molecule has 5 atom stereocenters. The second-order valence-electron chi connectivity index (χ2n) is 32.7. The van der Waals surface area contributed by atoms with Gasteiger partial charge < -0.3 is 67.6 Å². The van der Waals surface area contributed by atoms with Crippen LogP contribution < -0.4 is 39.2 Å². The Hall–Kier alpha value is -13.5. The molecule has 125 heavy (non-hydrogen) atoms. The lowest BCUT2D eigenvalue weighted by atomic mass is 9.90. The largest absolute Gasteiger partial charge is 0.456 e. The normalized spacial score (nSPS) is 17.2. The van der Waals surface area contributed by atoms with Crippen LogP contribution in [0.15, 0.2) is 319 Å². The molecule has 0 radical (unpaired) electrons. The van der Waals surface area contributed by atoms with Crippen LogP contribution in [0.5, 0.6) is 0 Å². The summed E-state index contributed by atoms with van der Waals surface area (Å²) < 4.78 is 12.1. The van der Waals surface area contributed by atoms with Gasteiger partial charge in [0.05, 0.1) is 40.8 Å². The zero-order valence-electron chi connectivity index (χ0n) is 71.6. The van der Waals surface area contributed by atoms with Crippen LogP contribution in [0.2, 0.25) is 0 Å². The Bertz CT molecular complexity index is 6350. The number of rotatable bonds is 5. The third-order valence-electron chi connectivity index (χ3n) is 25.2. The minimum absolute atomic E-state index is 0. The van der Waals surface area contributed by atoms with Gasteiger partial charge in [0.15, 0.2) is 0 Å². The monoisotopic (exact) mass is 1670 g/mol. The molecule has 12 aromatic carbocycles. The third kappa shape index (κ3) is 16.9. The maximum absolute atomic E-state index is 6.08. The molecule has 0 aliphatic carbocycles. The average molecular weight is 1670 g/mol. The summed E-state index contributed by atoms with van der Waals surface area (Å²) in [5.74, 6) is 0. The molecule has 0 N–H and O–H groups in total. The Morgan fingerprint density at radius 2 is 0.864 bits per heavy atom. The number of hydrogen-bond donors (Lipinski definition) is 0. The van der Waals surface area contributed by atoms with Crippen molar-refractivity contribution in [3.05, 3.63) is 354 Å². The van der Waals surface area contributed by atoms with E-state index in [-0.39, 0.29) is 44.6 Å². The van der Waals surface area contributed by atoms with Crippen molar-refractivity contribution in [2.24, 2.45) is 0 Å². The Balaban J connectivity index is 0.000000145. The van der Waals surface area contributed by atoms with Gasteiger partial charge >= 0.3 is 0 Å². The SMILES string of the molecule is C.C.C.C.C.C.Cc1c(N2C=CN(C)[C@@H]2C)ccc2c1oc1ccccc12.Cc1cc2c(cc1N1C=CN(C)[C@@H]1C)oc1ccccc12.Cc1ccc(C)c(N2c3ccccc3N(C)[C@@H]2C)c1.Cc1cccc2c1N1C(=CN(C)[C@@H]1C)c1ccccc1-2.Cc1ccccc1N1C=C2C=CC=CN2[C@@H]1C.Cc1ccccc1N1CN(C)c2cccc3cccc1c23. The van der Waals surface area contributed by atoms with Gasteiger partial charge in [-0.05, 0) is 212 Å². The first-order valence-corrected chi connectivity index (χ1v) is 41.7. The summed E-state index contributed by atoms with van der Waals surface area (Å²) in [6, 6.07) is 86.0. The van der Waals surface area contributed by atoms with Crippen LogP contribution in [-0.4, -0.2) is 92.3 Å². The predicted octanol–water partition coefficient (Wildman–Crippen LogP) is 29.1. The smallest absolute Gasteiger partial charge is 0.140 e. The minimum atomic E-state index is 0. The quantitative estimate of drug-likeness (QED) is 0.164. The van der Waals surface area contributed by atoms with Crippen LogP contribution in [0.3, 0.4) is 0 Å². The van der Waals surface area contributed by atoms with E-state index in [9.17, 15) is 0 Å². The molecule has 10 heterocycles. The van der Waals surface area contributed by atoms with Crippen molar-refractivity contribution in [3.8, 4) is 11.1 Å². The summed E-state index contributed by atoms with van der Waals surface area (Å²) in [7, 11) is 10.7. The number of allylic oxidation sites excluding steroid dienone is 3. The van der Waals surface area contributed by atoms with Crippen molar-refractivity contribution in [1.29, 1.82) is 0 Å². The number of fused-ring (bicyclic) bond motifs is 14. The van der Waals surface area contributed by atoms with Crippen LogP contribution in [0, 0.1) is 48.5 Å². The van der Waals surface area contributed by atoms with Crippen molar-refractivity contribution in [2.75, 3.05) is 81.1 Å². The highest BCUT2D eigenvalue weighted by molar-refractivity contribution is 6.09. The molecule has 8 aliphatic rings. The summed E-state index contributed by atoms with van der Waals surface area (Å²) >= 11 is 0. The second kappa shape index (κ2) is 38.1. The number of nitrogens with zero attached hydrogens (tertiary/aromatic N) is 12. The van der Waals surface area contributed by atoms with Gasteiger partial charge in [0.1, 0.15) is 53.2 Å². The van der Waals surface area contributed by atoms with Gasteiger partial charge in [0.25, 0.3) is 0 Å². The van der Waals surface area contributed by atoms with E-state index < -0.39 is 0 Å². The van der Waals surface area contributed by atoms with E-state index >= 15 is 0 Å². The highest BCUT2D eigenvalue weighted by Gasteiger charge is 2.37. The Kier molecular flexibility index (Phi) is 28.1. The number of furan rings is 2. The van der Waals surface area contributed by atoms with Crippen molar-refractivity contribution in [1.82, 2.24) is 19.6 Å². The summed E-state index contributed by atoms with van der Waals surface area (Å²) in [4.78, 5) is 27.8. The van der Waals surface area contributed by atoms with Crippen molar-refractivity contribution < 1.29 is 8.83 Å². The van der Waals surface area contributed by atoms with E-state index in [2.05, 4.69) is 457 Å². The molecule has 0 saturated heterocycles. The van der Waals surface area contributed by atoms with E-state index in [1.165, 1.54) is 156 Å². The molecule has 0 saturated carbocycles. The first-order chi connectivity index (χ1) is 57.6. The molecule has 8 aliphatic heterocycles. The lowest BCUT2D eigenvalue weighted by Gasteiger charge is -2.38. The summed E-state index contributed by atoms with van der Waals surface area (Å²) in [5, 5.41) is 7.40. The summed E-state index contributed by atoms with van der Waals surface area (Å²) in [6.07, 6.45) is 23.1. The van der Waals surface area contributed by atoms with Crippen LogP contribution in [0.1, 0.15) is 124 Å². The lowest BCUT2D eigenvalue weighted by Crippen LogP contribution is -2.36. The molecule has 14 heteroatoms. The van der Waals surface area contributed by atoms with E-state index in [0.717, 1.165) is 29.0 Å². The number of benzene rings is 12. The predicted molar refractivity (Wildman–Crippen MR) is 544 cm³/mol. The number of anilines is 10. The Morgan fingerprint density at radius 3 is 1.51 bits per heavy atom. The zero-order chi connectivity index (χ0) is 82.8. The van der Waals surface area contributed by atoms with Crippen LogP contribution in [-0.2, 0) is 0 Å². The molecular formula is C111H132N12O2. The fourth-order valence-electron chi connectivity index (χ4n) is 18.1. The van der Waals surface area contributed by atoms with Crippen LogP contribution in [0.4, 0.5) is 56.9 Å². The highest BCUT2D eigenvalue weighted by Crippen LogP contribution is 2.51. The molecule has 2 aromatic heterocycles. The molecule has 0 unspecified atom stereocenters. The molecule has 0 fully saturated rings. The van der Waals surface area contributed by atoms with Crippen LogP contribution >= 0.6 is 0 Å². The maximum Gasteiger partial charge on any atom is 0.140 e. The van der Waals surface area contributed by atoms with Crippen LogP contribution in [0.25, 0.3) is 71.5 Å². The van der Waals surface area contributed by atoms with E-state index in [0.29, 0.717) is 30.8 Å². The summed E-state index contributed by atoms with van der Waals surface area (Å²) in [6.45, 7) is 27.2. The van der Waals surface area contributed by atoms with Crippen molar-refractivity contribution in [2.45, 2.75) is 158 Å². The second-order valence-corrected chi connectivity index (χ2v) is 32.7. The van der Waals surface area contributed by atoms with Gasteiger partial charge in [-0.15, -0.1) is 0 Å². The fourth-order valence-corrected chi connectivity index (χ4v) is 18.1. The molecule has 0 amide bonds. The number of hydrogen-bond acceptors (Lipinski definition) is 14. The Labute approximate surface area is 746 Å². The zero-order valence-corrected chi connectivity index (χ0v) is 71.6. The molecule has 22 rings (SSSR count). The van der Waals surface area contributed by atoms with Crippen molar-refractivity contribution >= 4 is 117 Å². The first kappa shape index (κ1) is 92.3. The van der Waals surface area contributed by atoms with Gasteiger partial charge in [-0.25, -0.2) is 0 Å². The highest BCUT2D eigenvalue weighted by atomic mass is 16.3. The van der Waals surface area contributed by atoms with Gasteiger partial charge in [-0.1, -0.05) is 214 Å². The molecule has 14 aromatic rings.